The summed E-state index contributed by atoms with van der Waals surface area (Å²) < 4.78 is 0. The Morgan fingerprint density at radius 3 is 1.21 bits per heavy atom. The molecule has 29 heavy (non-hydrogen) atoms. The monoisotopic (exact) mass is 562 g/mol. The van der Waals surface area contributed by atoms with Gasteiger partial charge in [-0.1, -0.05) is 46.6 Å². The van der Waals surface area contributed by atoms with Crippen molar-refractivity contribution in [2.75, 3.05) is 0 Å². The molecule has 2 fully saturated rings. The van der Waals surface area contributed by atoms with Gasteiger partial charge in [-0.2, -0.15) is 0 Å². The predicted molar refractivity (Wildman–Crippen MR) is 129 cm³/mol. The van der Waals surface area contributed by atoms with Crippen LogP contribution in [0.15, 0.2) is 46.6 Å². The Balaban J connectivity index is 0. The van der Waals surface area contributed by atoms with Gasteiger partial charge in [0.25, 0.3) is 0 Å². The van der Waals surface area contributed by atoms with Crippen LogP contribution < -0.4 is 0 Å². The average molecular weight is 561 g/mol. The first kappa shape index (κ1) is 31.0. The van der Waals surface area contributed by atoms with Crippen molar-refractivity contribution in [3.8, 4) is 0 Å². The fraction of sp³-hybridized carbons (Fsp3) is 0.571. The van der Waals surface area contributed by atoms with Crippen molar-refractivity contribution in [2.45, 2.75) is 66.2 Å². The maximum Gasteiger partial charge on any atom is 4.00 e. The molecule has 0 aromatic rings. The molecule has 1 heteroatoms. The molecule has 0 amide bonds. The van der Waals surface area contributed by atoms with Crippen molar-refractivity contribution in [2.24, 2.45) is 35.5 Å². The van der Waals surface area contributed by atoms with Gasteiger partial charge in [0, 0.05) is 0 Å². The molecule has 4 rings (SSSR count). The zero-order valence-electron chi connectivity index (χ0n) is 20.5. The van der Waals surface area contributed by atoms with E-state index in [1.54, 1.807) is 22.3 Å². The maximum absolute atomic E-state index is 2.41. The van der Waals surface area contributed by atoms with Crippen LogP contribution in [0.25, 0.3) is 0 Å². The average Bonchev–Trinajstić information content (AvgIpc) is 3.18. The van der Waals surface area contributed by atoms with Gasteiger partial charge in [-0.15, -0.1) is 0 Å². The summed E-state index contributed by atoms with van der Waals surface area (Å²) in [5.41, 5.74) is 6.59. The van der Waals surface area contributed by atoms with Gasteiger partial charge in [-0.05, 0) is 102 Å². The Kier molecular flexibility index (Phi) is 13.5. The fourth-order valence-electron chi connectivity index (χ4n) is 6.63. The molecule has 0 nitrogen and oxygen atoms in total. The molecule has 0 radical (unpaired) electrons. The minimum absolute atomic E-state index is 0. The van der Waals surface area contributed by atoms with Crippen LogP contribution in [0, 0.1) is 65.2 Å². The maximum atomic E-state index is 2.41. The number of fused-ring (bicyclic) bond motifs is 2. The van der Waals surface area contributed by atoms with E-state index in [0.29, 0.717) is 0 Å². The molecule has 0 spiro atoms. The van der Waals surface area contributed by atoms with Gasteiger partial charge in [0.1, 0.15) is 0 Å². The van der Waals surface area contributed by atoms with Crippen LogP contribution in [0.2, 0.25) is 0 Å². The van der Waals surface area contributed by atoms with Crippen LogP contribution in [0.1, 0.15) is 66.2 Å². The molecular formula is C28H46Hf. The zero-order chi connectivity index (χ0) is 16.8. The topological polar surface area (TPSA) is 0 Å². The van der Waals surface area contributed by atoms with Crippen LogP contribution in [0.5, 0.6) is 0 Å². The second kappa shape index (κ2) is 12.6. The molecule has 6 unspecified atom stereocenters. The molecule has 6 atom stereocenters. The number of hydrogen-bond donors (Lipinski definition) is 0. The van der Waals surface area contributed by atoms with Crippen molar-refractivity contribution < 1.29 is 25.8 Å². The Morgan fingerprint density at radius 1 is 0.552 bits per heavy atom. The summed E-state index contributed by atoms with van der Waals surface area (Å²) in [6, 6.07) is 0. The minimum Gasteiger partial charge on any atom is -0.358 e. The molecule has 0 aliphatic heterocycles. The molecule has 0 bridgehead atoms. The number of rotatable bonds is 3. The largest absolute Gasteiger partial charge is 4.00 e. The summed E-state index contributed by atoms with van der Waals surface area (Å²) in [6.07, 6.45) is 18.3. The molecule has 4 aliphatic carbocycles. The van der Waals surface area contributed by atoms with Crippen LogP contribution >= 0.6 is 0 Å². The van der Waals surface area contributed by atoms with Crippen molar-refractivity contribution in [3.63, 3.8) is 0 Å². The SMILES string of the molecule is CC1=CC=C(C)C2C(CCC3CCC4C(C)=CC=C(C)C34)CCC12.[CH3-].[CH3-].[CH3-].[CH3-].[Hf+4]. The van der Waals surface area contributed by atoms with E-state index < -0.39 is 0 Å². The van der Waals surface area contributed by atoms with Gasteiger partial charge in [0.2, 0.25) is 0 Å². The van der Waals surface area contributed by atoms with E-state index >= 15 is 0 Å². The van der Waals surface area contributed by atoms with Gasteiger partial charge in [0.15, 0.2) is 0 Å². The summed E-state index contributed by atoms with van der Waals surface area (Å²) in [7, 11) is 0. The first-order chi connectivity index (χ1) is 11.6. The quantitative estimate of drug-likeness (QED) is 0.239. The van der Waals surface area contributed by atoms with E-state index in [4.69, 9.17) is 0 Å². The Labute approximate surface area is 203 Å². The van der Waals surface area contributed by atoms with E-state index in [2.05, 4.69) is 52.0 Å². The second-order valence-corrected chi connectivity index (χ2v) is 9.16. The first-order valence-electron chi connectivity index (χ1n) is 10.3. The molecule has 0 saturated heterocycles. The summed E-state index contributed by atoms with van der Waals surface area (Å²) in [6.45, 7) is 9.48. The fourth-order valence-corrected chi connectivity index (χ4v) is 6.63. The third-order valence-corrected chi connectivity index (χ3v) is 7.93. The van der Waals surface area contributed by atoms with Crippen molar-refractivity contribution >= 4 is 0 Å². The minimum atomic E-state index is 0. The van der Waals surface area contributed by atoms with E-state index in [-0.39, 0.29) is 55.5 Å². The third-order valence-electron chi connectivity index (χ3n) is 7.93. The third kappa shape index (κ3) is 5.75. The summed E-state index contributed by atoms with van der Waals surface area (Å²) in [5.74, 6) is 5.32. The van der Waals surface area contributed by atoms with Gasteiger partial charge in [-0.25, -0.2) is 0 Å². The number of allylic oxidation sites excluding steroid dienone is 8. The summed E-state index contributed by atoms with van der Waals surface area (Å²) in [5, 5.41) is 0. The summed E-state index contributed by atoms with van der Waals surface area (Å²) in [4.78, 5) is 0. The molecular weight excluding hydrogens is 515 g/mol. The van der Waals surface area contributed by atoms with E-state index in [1.165, 1.54) is 38.5 Å². The molecule has 0 aromatic carbocycles. The molecule has 0 heterocycles. The predicted octanol–water partition coefficient (Wildman–Crippen LogP) is 8.66. The smallest absolute Gasteiger partial charge is 0.358 e. The first-order valence-corrected chi connectivity index (χ1v) is 10.3. The standard InChI is InChI=1S/C24H34.4CH3.Hf/c1-15-5-7-17(3)23-19(11-13-21(15)23)9-10-20-12-14-22-16(2)6-8-18(4)24(20)22;;;;;/h5-8,19-24H,9-14H2,1-4H3;4*1H3;/q;4*-1;+4. The molecule has 0 N–H and O–H groups in total. The Morgan fingerprint density at radius 2 is 0.862 bits per heavy atom. The molecule has 162 valence electrons. The van der Waals surface area contributed by atoms with Crippen molar-refractivity contribution in [1.29, 1.82) is 0 Å². The van der Waals surface area contributed by atoms with Gasteiger partial charge in [-0.3, -0.25) is 0 Å². The molecule has 2 saturated carbocycles. The van der Waals surface area contributed by atoms with Gasteiger partial charge < -0.3 is 29.7 Å². The van der Waals surface area contributed by atoms with E-state index in [0.717, 1.165) is 35.5 Å². The normalized spacial score (nSPS) is 34.1. The Bertz CT molecular complexity index is 577. The summed E-state index contributed by atoms with van der Waals surface area (Å²) >= 11 is 0. The van der Waals surface area contributed by atoms with Crippen LogP contribution in [-0.2, 0) is 25.8 Å². The van der Waals surface area contributed by atoms with Crippen molar-refractivity contribution in [3.05, 3.63) is 76.3 Å². The zero-order valence-corrected chi connectivity index (χ0v) is 24.1. The number of hydrogen-bond acceptors (Lipinski definition) is 0. The van der Waals surface area contributed by atoms with Crippen LogP contribution in [-0.4, -0.2) is 0 Å². The van der Waals surface area contributed by atoms with Gasteiger partial charge in [0.05, 0.1) is 0 Å². The van der Waals surface area contributed by atoms with Crippen LogP contribution in [0.3, 0.4) is 0 Å². The van der Waals surface area contributed by atoms with Crippen LogP contribution in [0.4, 0.5) is 0 Å². The molecule has 4 aliphatic rings. The van der Waals surface area contributed by atoms with E-state index in [9.17, 15) is 0 Å². The molecule has 0 aromatic heterocycles. The van der Waals surface area contributed by atoms with Gasteiger partial charge >= 0.3 is 25.8 Å². The Hall–Kier alpha value is -0.170. The second-order valence-electron chi connectivity index (χ2n) is 9.16. The van der Waals surface area contributed by atoms with E-state index in [1.807, 2.05) is 0 Å². The van der Waals surface area contributed by atoms with Crippen molar-refractivity contribution in [1.82, 2.24) is 0 Å².